The molecule has 0 bridgehead atoms. The summed E-state index contributed by atoms with van der Waals surface area (Å²) < 4.78 is 39.2. The minimum atomic E-state index is -3.93. The molecule has 180 valence electrons. The second-order valence-corrected chi connectivity index (χ2v) is 9.85. The van der Waals surface area contributed by atoms with Gasteiger partial charge in [-0.05, 0) is 48.7 Å². The van der Waals surface area contributed by atoms with E-state index in [0.717, 1.165) is 11.1 Å². The van der Waals surface area contributed by atoms with Crippen molar-refractivity contribution in [1.29, 1.82) is 0 Å². The zero-order valence-electron chi connectivity index (χ0n) is 19.9. The number of hydrogen-bond acceptors (Lipinski definition) is 5. The van der Waals surface area contributed by atoms with Crippen molar-refractivity contribution in [1.82, 2.24) is 9.62 Å². The molecule has 3 aromatic rings. The van der Waals surface area contributed by atoms with Gasteiger partial charge < -0.3 is 14.8 Å². The van der Waals surface area contributed by atoms with Crippen LogP contribution in [0.1, 0.15) is 22.3 Å². The Kier molecular flexibility index (Phi) is 8.31. The summed E-state index contributed by atoms with van der Waals surface area (Å²) in [7, 11) is -0.853. The number of hydrogen-bond donors (Lipinski definition) is 1. The molecule has 0 aliphatic heterocycles. The van der Waals surface area contributed by atoms with Crippen LogP contribution >= 0.6 is 0 Å². The molecular formula is C26H30N2O5S. The van der Waals surface area contributed by atoms with Crippen molar-refractivity contribution in [3.05, 3.63) is 89.0 Å². The highest BCUT2D eigenvalue weighted by Crippen LogP contribution is 2.28. The monoisotopic (exact) mass is 482 g/mol. The van der Waals surface area contributed by atoms with E-state index in [-0.39, 0.29) is 24.5 Å². The molecule has 0 atom stereocenters. The molecule has 0 aliphatic rings. The van der Waals surface area contributed by atoms with E-state index < -0.39 is 15.9 Å². The molecular weight excluding hydrogens is 452 g/mol. The fourth-order valence-electron chi connectivity index (χ4n) is 3.64. The quantitative estimate of drug-likeness (QED) is 0.475. The lowest BCUT2D eigenvalue weighted by molar-refractivity contribution is -0.121. The van der Waals surface area contributed by atoms with Crippen LogP contribution in [0.25, 0.3) is 0 Å². The Hall–Kier alpha value is -3.36. The van der Waals surface area contributed by atoms with Crippen LogP contribution < -0.4 is 14.8 Å². The van der Waals surface area contributed by atoms with Crippen molar-refractivity contribution in [2.24, 2.45) is 0 Å². The van der Waals surface area contributed by atoms with E-state index in [1.807, 2.05) is 43.3 Å². The maximum atomic E-state index is 13.6. The summed E-state index contributed by atoms with van der Waals surface area (Å²) >= 11 is 0. The van der Waals surface area contributed by atoms with E-state index in [9.17, 15) is 13.2 Å². The lowest BCUT2D eigenvalue weighted by Crippen LogP contribution is -2.40. The van der Waals surface area contributed by atoms with Gasteiger partial charge in [-0.25, -0.2) is 8.42 Å². The number of amides is 1. The van der Waals surface area contributed by atoms with Crippen LogP contribution in [-0.4, -0.2) is 39.4 Å². The van der Waals surface area contributed by atoms with Gasteiger partial charge in [0.1, 0.15) is 11.5 Å². The van der Waals surface area contributed by atoms with Crippen molar-refractivity contribution in [3.8, 4) is 11.5 Å². The maximum Gasteiger partial charge on any atom is 0.244 e. The van der Waals surface area contributed by atoms with Gasteiger partial charge in [0, 0.05) is 6.54 Å². The van der Waals surface area contributed by atoms with Gasteiger partial charge in [-0.2, -0.15) is 4.31 Å². The fourth-order valence-corrected chi connectivity index (χ4v) is 5.34. The molecule has 0 radical (unpaired) electrons. The number of ether oxygens (including phenoxy) is 2. The van der Waals surface area contributed by atoms with Gasteiger partial charge >= 0.3 is 0 Å². The number of nitrogens with zero attached hydrogens (tertiary/aromatic N) is 1. The zero-order valence-corrected chi connectivity index (χ0v) is 20.7. The molecule has 8 heteroatoms. The molecule has 0 aromatic heterocycles. The third-order valence-corrected chi connectivity index (χ3v) is 7.41. The normalized spacial score (nSPS) is 11.3. The number of carbonyl (C=O) groups is 1. The summed E-state index contributed by atoms with van der Waals surface area (Å²) in [5.41, 5.74) is 2.92. The van der Waals surface area contributed by atoms with Gasteiger partial charge in [-0.3, -0.25) is 4.79 Å². The Morgan fingerprint density at radius 3 is 2.18 bits per heavy atom. The highest BCUT2D eigenvalue weighted by Gasteiger charge is 2.28. The van der Waals surface area contributed by atoms with Crippen molar-refractivity contribution < 1.29 is 22.7 Å². The predicted molar refractivity (Wildman–Crippen MR) is 131 cm³/mol. The topological polar surface area (TPSA) is 84.9 Å². The summed E-state index contributed by atoms with van der Waals surface area (Å²) in [5.74, 6) is 0.713. The summed E-state index contributed by atoms with van der Waals surface area (Å²) in [6, 6.07) is 19.8. The molecule has 0 fully saturated rings. The van der Waals surface area contributed by atoms with Crippen LogP contribution in [0.4, 0.5) is 0 Å². The average Bonchev–Trinajstić information content (AvgIpc) is 2.84. The van der Waals surface area contributed by atoms with Gasteiger partial charge in [-0.15, -0.1) is 0 Å². The largest absolute Gasteiger partial charge is 0.496 e. The van der Waals surface area contributed by atoms with Gasteiger partial charge in [0.05, 0.1) is 37.8 Å². The highest BCUT2D eigenvalue weighted by molar-refractivity contribution is 7.89. The molecule has 1 amide bonds. The third-order valence-electron chi connectivity index (χ3n) is 5.48. The first kappa shape index (κ1) is 25.3. The molecule has 0 saturated carbocycles. The Balaban J connectivity index is 1.86. The Morgan fingerprint density at radius 2 is 1.56 bits per heavy atom. The van der Waals surface area contributed by atoms with E-state index in [0.29, 0.717) is 22.6 Å². The molecule has 34 heavy (non-hydrogen) atoms. The standard InChI is InChI=1S/C26H30N2O5S/c1-19-13-14-20(2)25(15-19)34(30,31)28(17-21-9-6-5-7-10-21)18-26(29)27-16-22-23(32-3)11-8-12-24(22)33-4/h5-15H,16-18H2,1-4H3,(H,27,29). The molecule has 0 saturated heterocycles. The fraction of sp³-hybridized carbons (Fsp3) is 0.269. The molecule has 0 aliphatic carbocycles. The minimum absolute atomic E-state index is 0.0714. The number of sulfonamides is 1. The van der Waals surface area contributed by atoms with Crippen LogP contribution in [0.2, 0.25) is 0 Å². The third kappa shape index (κ3) is 5.95. The van der Waals surface area contributed by atoms with Crippen LogP contribution in [0, 0.1) is 13.8 Å². The molecule has 7 nitrogen and oxygen atoms in total. The lowest BCUT2D eigenvalue weighted by Gasteiger charge is -2.23. The second kappa shape index (κ2) is 11.2. The summed E-state index contributed by atoms with van der Waals surface area (Å²) in [6.07, 6.45) is 0. The molecule has 0 heterocycles. The zero-order chi connectivity index (χ0) is 24.7. The highest BCUT2D eigenvalue weighted by atomic mass is 32.2. The molecule has 3 rings (SSSR count). The summed E-state index contributed by atoms with van der Waals surface area (Å²) in [6.45, 7) is 3.47. The van der Waals surface area contributed by atoms with Crippen LogP contribution in [0.3, 0.4) is 0 Å². The van der Waals surface area contributed by atoms with E-state index in [1.54, 1.807) is 51.5 Å². The molecule has 1 N–H and O–H groups in total. The predicted octanol–water partition coefficient (Wildman–Crippen LogP) is 3.83. The lowest BCUT2D eigenvalue weighted by atomic mass is 10.1. The SMILES string of the molecule is COc1cccc(OC)c1CNC(=O)CN(Cc1ccccc1)S(=O)(=O)c1cc(C)ccc1C. The van der Waals surface area contributed by atoms with Crippen molar-refractivity contribution >= 4 is 15.9 Å². The Morgan fingerprint density at radius 1 is 0.912 bits per heavy atom. The van der Waals surface area contributed by atoms with Crippen molar-refractivity contribution in [3.63, 3.8) is 0 Å². The van der Waals surface area contributed by atoms with E-state index in [1.165, 1.54) is 4.31 Å². The number of nitrogens with one attached hydrogen (secondary N) is 1. The van der Waals surface area contributed by atoms with Gasteiger partial charge in [-0.1, -0.05) is 48.5 Å². The first-order chi connectivity index (χ1) is 16.3. The first-order valence-corrected chi connectivity index (χ1v) is 12.3. The van der Waals surface area contributed by atoms with Crippen LogP contribution in [0.5, 0.6) is 11.5 Å². The molecule has 0 spiro atoms. The van der Waals surface area contributed by atoms with Crippen molar-refractivity contribution in [2.45, 2.75) is 31.8 Å². The van der Waals surface area contributed by atoms with E-state index >= 15 is 0 Å². The summed E-state index contributed by atoms with van der Waals surface area (Å²) in [5, 5.41) is 2.81. The Labute approximate surface area is 201 Å². The molecule has 0 unspecified atom stereocenters. The van der Waals surface area contributed by atoms with E-state index in [4.69, 9.17) is 9.47 Å². The number of aryl methyl sites for hydroxylation is 2. The smallest absolute Gasteiger partial charge is 0.244 e. The van der Waals surface area contributed by atoms with Crippen LogP contribution in [-0.2, 0) is 27.9 Å². The average molecular weight is 483 g/mol. The second-order valence-electron chi connectivity index (χ2n) is 7.95. The van der Waals surface area contributed by atoms with Gasteiger partial charge in [0.15, 0.2) is 0 Å². The van der Waals surface area contributed by atoms with Gasteiger partial charge in [0.2, 0.25) is 15.9 Å². The Bertz CT molecular complexity index is 1220. The van der Waals surface area contributed by atoms with E-state index in [2.05, 4.69) is 5.32 Å². The minimum Gasteiger partial charge on any atom is -0.496 e. The number of carbonyl (C=O) groups excluding carboxylic acids is 1. The van der Waals surface area contributed by atoms with Crippen LogP contribution in [0.15, 0.2) is 71.6 Å². The molecule has 3 aromatic carbocycles. The van der Waals surface area contributed by atoms with Crippen molar-refractivity contribution in [2.75, 3.05) is 20.8 Å². The van der Waals surface area contributed by atoms with Gasteiger partial charge in [0.25, 0.3) is 0 Å². The number of methoxy groups -OCH3 is 2. The first-order valence-electron chi connectivity index (χ1n) is 10.8. The summed E-state index contributed by atoms with van der Waals surface area (Å²) in [4.78, 5) is 13.1. The number of benzene rings is 3. The number of rotatable bonds is 10. The maximum absolute atomic E-state index is 13.6.